The highest BCUT2D eigenvalue weighted by atomic mass is 35.5. The number of methoxy groups -OCH3 is 1. The lowest BCUT2D eigenvalue weighted by Gasteiger charge is -2.26. The van der Waals surface area contributed by atoms with E-state index in [1.807, 2.05) is 14.0 Å². The first-order valence-corrected chi connectivity index (χ1v) is 5.13. The Kier molecular flexibility index (Phi) is 6.89. The van der Waals surface area contributed by atoms with E-state index in [1.165, 1.54) is 0 Å². The van der Waals surface area contributed by atoms with Crippen molar-refractivity contribution >= 4 is 18.3 Å². The maximum atomic E-state index is 11.9. The van der Waals surface area contributed by atoms with Gasteiger partial charge in [-0.3, -0.25) is 4.79 Å². The summed E-state index contributed by atoms with van der Waals surface area (Å²) in [4.78, 5) is 13.7. The Morgan fingerprint density at radius 1 is 1.67 bits per heavy atom. The summed E-state index contributed by atoms with van der Waals surface area (Å²) >= 11 is 0. The lowest BCUT2D eigenvalue weighted by Crippen LogP contribution is -2.41. The van der Waals surface area contributed by atoms with Crippen LogP contribution in [0.15, 0.2) is 0 Å². The average molecular weight is 237 g/mol. The van der Waals surface area contributed by atoms with Gasteiger partial charge in [0.05, 0.1) is 18.6 Å². The highest BCUT2D eigenvalue weighted by molar-refractivity contribution is 5.85. The first-order valence-electron chi connectivity index (χ1n) is 5.13. The number of amides is 1. The van der Waals surface area contributed by atoms with Gasteiger partial charge in [0.15, 0.2) is 0 Å². The number of carbonyl (C=O) groups excluding carboxylic acids is 1. The molecule has 1 aliphatic rings. The topological polar surface area (TPSA) is 41.6 Å². The van der Waals surface area contributed by atoms with Gasteiger partial charge in [-0.25, -0.2) is 0 Å². The predicted octanol–water partition coefficient (Wildman–Crippen LogP) is 0.511. The molecule has 0 aromatic carbocycles. The summed E-state index contributed by atoms with van der Waals surface area (Å²) < 4.78 is 5.03. The van der Waals surface area contributed by atoms with Crippen LogP contribution in [-0.4, -0.2) is 50.7 Å². The number of likely N-dealkylation sites (N-methyl/N-ethyl adjacent to an activating group) is 1. The molecule has 1 rings (SSSR count). The van der Waals surface area contributed by atoms with E-state index in [9.17, 15) is 4.79 Å². The third-order valence-electron chi connectivity index (χ3n) is 2.83. The molecule has 0 aliphatic carbocycles. The lowest BCUT2D eigenvalue weighted by molar-refractivity contribution is -0.136. The Hall–Kier alpha value is -0.320. The van der Waals surface area contributed by atoms with Crippen molar-refractivity contribution in [3.05, 3.63) is 0 Å². The van der Waals surface area contributed by atoms with Gasteiger partial charge in [0, 0.05) is 20.7 Å². The predicted molar refractivity (Wildman–Crippen MR) is 62.3 cm³/mol. The molecule has 0 aromatic rings. The lowest BCUT2D eigenvalue weighted by atomic mass is 10.1. The molecule has 1 amide bonds. The molecule has 1 unspecified atom stereocenters. The van der Waals surface area contributed by atoms with Gasteiger partial charge in [-0.1, -0.05) is 0 Å². The SMILES string of the molecule is COCC(C)N(C)C(=O)[C@H]1CCNC1.Cl. The number of hydrogen-bond donors (Lipinski definition) is 1. The standard InChI is InChI=1S/C10H20N2O2.ClH/c1-8(7-14-3)12(2)10(13)9-4-5-11-6-9;/h8-9,11H,4-7H2,1-3H3;1H/t8?,9-;/m0./s1. The highest BCUT2D eigenvalue weighted by Gasteiger charge is 2.27. The van der Waals surface area contributed by atoms with E-state index in [2.05, 4.69) is 5.32 Å². The molecular formula is C10H21ClN2O2. The van der Waals surface area contributed by atoms with Crippen molar-refractivity contribution in [3.8, 4) is 0 Å². The maximum Gasteiger partial charge on any atom is 0.227 e. The third-order valence-corrected chi connectivity index (χ3v) is 2.83. The monoisotopic (exact) mass is 236 g/mol. The van der Waals surface area contributed by atoms with Crippen molar-refractivity contribution < 1.29 is 9.53 Å². The number of carbonyl (C=O) groups is 1. The van der Waals surface area contributed by atoms with Crippen LogP contribution in [0.1, 0.15) is 13.3 Å². The Labute approximate surface area is 97.8 Å². The van der Waals surface area contributed by atoms with Gasteiger partial charge in [-0.05, 0) is 19.9 Å². The second kappa shape index (κ2) is 7.04. The maximum absolute atomic E-state index is 11.9. The fourth-order valence-electron chi connectivity index (χ4n) is 1.72. The summed E-state index contributed by atoms with van der Waals surface area (Å²) in [7, 11) is 3.51. The first kappa shape index (κ1) is 14.7. The summed E-state index contributed by atoms with van der Waals surface area (Å²) in [6.07, 6.45) is 0.961. The molecule has 0 saturated carbocycles. The minimum absolute atomic E-state index is 0. The summed E-state index contributed by atoms with van der Waals surface area (Å²) in [6.45, 7) is 4.39. The van der Waals surface area contributed by atoms with Crippen LogP contribution in [0.25, 0.3) is 0 Å². The Morgan fingerprint density at radius 2 is 2.33 bits per heavy atom. The molecule has 0 aromatic heterocycles. The van der Waals surface area contributed by atoms with E-state index in [0.29, 0.717) is 6.61 Å². The number of nitrogens with zero attached hydrogens (tertiary/aromatic N) is 1. The zero-order valence-corrected chi connectivity index (χ0v) is 10.5. The fraction of sp³-hybridized carbons (Fsp3) is 0.900. The van der Waals surface area contributed by atoms with E-state index in [1.54, 1.807) is 12.0 Å². The Bertz CT molecular complexity index is 196. The van der Waals surface area contributed by atoms with E-state index in [4.69, 9.17) is 4.74 Å². The molecule has 1 heterocycles. The normalized spacial score (nSPS) is 21.9. The van der Waals surface area contributed by atoms with Crippen LogP contribution >= 0.6 is 12.4 Å². The molecule has 0 spiro atoms. The zero-order chi connectivity index (χ0) is 10.6. The molecule has 1 fully saturated rings. The number of nitrogens with one attached hydrogen (secondary N) is 1. The minimum atomic E-state index is 0. The zero-order valence-electron chi connectivity index (χ0n) is 9.66. The number of halogens is 1. The molecule has 1 N–H and O–H groups in total. The smallest absolute Gasteiger partial charge is 0.227 e. The molecule has 4 nitrogen and oxygen atoms in total. The molecule has 1 aliphatic heterocycles. The summed E-state index contributed by atoms with van der Waals surface area (Å²) in [5.74, 6) is 0.402. The van der Waals surface area contributed by atoms with Crippen molar-refractivity contribution in [3.63, 3.8) is 0 Å². The van der Waals surface area contributed by atoms with Crippen molar-refractivity contribution in [2.45, 2.75) is 19.4 Å². The molecule has 15 heavy (non-hydrogen) atoms. The summed E-state index contributed by atoms with van der Waals surface area (Å²) in [5.41, 5.74) is 0. The van der Waals surface area contributed by atoms with Crippen molar-refractivity contribution in [2.75, 3.05) is 33.9 Å². The van der Waals surface area contributed by atoms with Gasteiger partial charge in [0.2, 0.25) is 5.91 Å². The van der Waals surface area contributed by atoms with E-state index in [0.717, 1.165) is 19.5 Å². The van der Waals surface area contributed by atoms with Crippen LogP contribution in [0.2, 0.25) is 0 Å². The second-order valence-corrected chi connectivity index (χ2v) is 3.94. The molecular weight excluding hydrogens is 216 g/mol. The number of ether oxygens (including phenoxy) is 1. The van der Waals surface area contributed by atoms with Crippen LogP contribution in [-0.2, 0) is 9.53 Å². The van der Waals surface area contributed by atoms with Gasteiger partial charge in [-0.2, -0.15) is 0 Å². The molecule has 1 saturated heterocycles. The minimum Gasteiger partial charge on any atom is -0.383 e. The fourth-order valence-corrected chi connectivity index (χ4v) is 1.72. The second-order valence-electron chi connectivity index (χ2n) is 3.94. The van der Waals surface area contributed by atoms with Crippen molar-refractivity contribution in [2.24, 2.45) is 5.92 Å². The number of hydrogen-bond acceptors (Lipinski definition) is 3. The van der Waals surface area contributed by atoms with Crippen LogP contribution in [0.5, 0.6) is 0 Å². The Morgan fingerprint density at radius 3 is 2.80 bits per heavy atom. The molecule has 0 radical (unpaired) electrons. The van der Waals surface area contributed by atoms with E-state index >= 15 is 0 Å². The molecule has 2 atom stereocenters. The van der Waals surface area contributed by atoms with Crippen molar-refractivity contribution in [1.82, 2.24) is 10.2 Å². The largest absolute Gasteiger partial charge is 0.383 e. The first-order chi connectivity index (χ1) is 6.66. The van der Waals surface area contributed by atoms with Crippen LogP contribution in [0.4, 0.5) is 0 Å². The molecule has 5 heteroatoms. The van der Waals surface area contributed by atoms with E-state index < -0.39 is 0 Å². The van der Waals surface area contributed by atoms with Gasteiger partial charge in [0.1, 0.15) is 0 Å². The third kappa shape index (κ3) is 3.97. The van der Waals surface area contributed by atoms with Gasteiger partial charge in [-0.15, -0.1) is 12.4 Å². The number of rotatable bonds is 4. The van der Waals surface area contributed by atoms with Gasteiger partial charge >= 0.3 is 0 Å². The van der Waals surface area contributed by atoms with Crippen LogP contribution in [0, 0.1) is 5.92 Å². The molecule has 90 valence electrons. The average Bonchev–Trinajstić information content (AvgIpc) is 2.68. The van der Waals surface area contributed by atoms with Crippen LogP contribution in [0.3, 0.4) is 0 Å². The highest BCUT2D eigenvalue weighted by Crippen LogP contribution is 2.12. The van der Waals surface area contributed by atoms with E-state index in [-0.39, 0.29) is 30.3 Å². The summed E-state index contributed by atoms with van der Waals surface area (Å²) in [6, 6.07) is 0.160. The Balaban J connectivity index is 0.00000196. The van der Waals surface area contributed by atoms with Gasteiger partial charge < -0.3 is 15.0 Å². The molecule has 0 bridgehead atoms. The van der Waals surface area contributed by atoms with Gasteiger partial charge in [0.25, 0.3) is 0 Å². The quantitative estimate of drug-likeness (QED) is 0.774. The summed E-state index contributed by atoms with van der Waals surface area (Å²) in [5, 5.41) is 3.20. The van der Waals surface area contributed by atoms with Crippen LogP contribution < -0.4 is 5.32 Å². The van der Waals surface area contributed by atoms with Crippen molar-refractivity contribution in [1.29, 1.82) is 0 Å².